The van der Waals surface area contributed by atoms with Gasteiger partial charge in [-0.15, -0.1) is 0 Å². The van der Waals surface area contributed by atoms with Gasteiger partial charge in [-0.05, 0) is 24.1 Å². The van der Waals surface area contributed by atoms with Gasteiger partial charge in [-0.2, -0.15) is 5.26 Å². The number of likely N-dealkylation sites (tertiary alicyclic amines) is 1. The van der Waals surface area contributed by atoms with E-state index in [0.29, 0.717) is 11.6 Å². The van der Waals surface area contributed by atoms with Crippen LogP contribution < -0.4 is 0 Å². The zero-order valence-electron chi connectivity index (χ0n) is 13.0. The van der Waals surface area contributed by atoms with Crippen LogP contribution in [-0.2, 0) is 16.1 Å². The van der Waals surface area contributed by atoms with Gasteiger partial charge >= 0.3 is 0 Å². The highest BCUT2D eigenvalue weighted by Crippen LogP contribution is 2.34. The van der Waals surface area contributed by atoms with Gasteiger partial charge in [0.15, 0.2) is 0 Å². The van der Waals surface area contributed by atoms with Crippen molar-refractivity contribution in [1.82, 2.24) is 9.80 Å². The molecule has 22 heavy (non-hydrogen) atoms. The number of carbonyl (C=O) groups excluding carboxylic acids is 1. The van der Waals surface area contributed by atoms with Gasteiger partial charge in [-0.25, -0.2) is 0 Å². The highest BCUT2D eigenvalue weighted by molar-refractivity contribution is 5.80. The van der Waals surface area contributed by atoms with Crippen LogP contribution in [0.5, 0.6) is 0 Å². The Bertz CT molecular complexity index is 608. The van der Waals surface area contributed by atoms with Gasteiger partial charge in [0.2, 0.25) is 0 Å². The van der Waals surface area contributed by atoms with Gasteiger partial charge < -0.3 is 9.64 Å². The molecule has 5 nitrogen and oxygen atoms in total. The molecule has 0 saturated carbocycles. The summed E-state index contributed by atoms with van der Waals surface area (Å²) in [7, 11) is 3.54. The van der Waals surface area contributed by atoms with Crippen LogP contribution in [-0.4, -0.2) is 54.6 Å². The maximum Gasteiger partial charge on any atom is 0.251 e. The minimum absolute atomic E-state index is 0.0563. The molecule has 1 amide bonds. The van der Waals surface area contributed by atoms with E-state index in [1.54, 1.807) is 19.0 Å². The van der Waals surface area contributed by atoms with Gasteiger partial charge in [-0.3, -0.25) is 9.69 Å². The minimum Gasteiger partial charge on any atom is -0.363 e. The standard InChI is InChI=1S/C17H21N3O2/c1-19(2)17(21)16-9-14-15(22-16)6-7-20(14)11-13-5-3-4-12(8-13)10-18/h3-5,8,14-16H,6-7,9,11H2,1-2H3/t14-,15-,16+/m0/s1. The maximum atomic E-state index is 12.1. The van der Waals surface area contributed by atoms with E-state index in [1.807, 2.05) is 24.3 Å². The molecule has 1 aromatic carbocycles. The van der Waals surface area contributed by atoms with Gasteiger partial charge in [0.05, 0.1) is 17.7 Å². The number of hydrogen-bond acceptors (Lipinski definition) is 4. The van der Waals surface area contributed by atoms with Crippen molar-refractivity contribution in [2.75, 3.05) is 20.6 Å². The summed E-state index contributed by atoms with van der Waals surface area (Å²) >= 11 is 0. The van der Waals surface area contributed by atoms with E-state index in [0.717, 1.165) is 31.5 Å². The van der Waals surface area contributed by atoms with Crippen molar-refractivity contribution in [3.8, 4) is 6.07 Å². The molecule has 2 fully saturated rings. The highest BCUT2D eigenvalue weighted by atomic mass is 16.5. The van der Waals surface area contributed by atoms with Crippen molar-refractivity contribution in [2.45, 2.75) is 37.6 Å². The lowest BCUT2D eigenvalue weighted by molar-refractivity contribution is -0.140. The van der Waals surface area contributed by atoms with Crippen molar-refractivity contribution in [3.05, 3.63) is 35.4 Å². The quantitative estimate of drug-likeness (QED) is 0.846. The molecule has 0 N–H and O–H groups in total. The number of carbonyl (C=O) groups is 1. The molecule has 0 bridgehead atoms. The molecule has 0 spiro atoms. The molecule has 116 valence electrons. The summed E-state index contributed by atoms with van der Waals surface area (Å²) in [6.07, 6.45) is 1.59. The molecule has 0 unspecified atom stereocenters. The lowest BCUT2D eigenvalue weighted by Gasteiger charge is -2.23. The summed E-state index contributed by atoms with van der Waals surface area (Å²) in [6.45, 7) is 1.79. The summed E-state index contributed by atoms with van der Waals surface area (Å²) in [5.74, 6) is 0.0563. The molecule has 0 radical (unpaired) electrons. The molecule has 2 saturated heterocycles. The van der Waals surface area contributed by atoms with Gasteiger partial charge in [0.25, 0.3) is 5.91 Å². The zero-order valence-corrected chi connectivity index (χ0v) is 13.0. The average Bonchev–Trinajstić information content (AvgIpc) is 3.08. The first-order valence-corrected chi connectivity index (χ1v) is 7.68. The Balaban J connectivity index is 1.67. The van der Waals surface area contributed by atoms with Crippen molar-refractivity contribution in [3.63, 3.8) is 0 Å². The summed E-state index contributed by atoms with van der Waals surface area (Å²) in [5, 5.41) is 9.00. The molecular formula is C17H21N3O2. The summed E-state index contributed by atoms with van der Waals surface area (Å²) in [6, 6.07) is 10.2. The second-order valence-corrected chi connectivity index (χ2v) is 6.27. The molecule has 0 aromatic heterocycles. The van der Waals surface area contributed by atoms with Crippen molar-refractivity contribution >= 4 is 5.91 Å². The largest absolute Gasteiger partial charge is 0.363 e. The topological polar surface area (TPSA) is 56.6 Å². The third-order valence-electron chi connectivity index (χ3n) is 4.55. The van der Waals surface area contributed by atoms with E-state index >= 15 is 0 Å². The summed E-state index contributed by atoms with van der Waals surface area (Å²) in [4.78, 5) is 16.1. The Kier molecular flexibility index (Phi) is 4.14. The third kappa shape index (κ3) is 2.85. The lowest BCUT2D eigenvalue weighted by Crippen LogP contribution is -2.35. The van der Waals surface area contributed by atoms with Crippen LogP contribution in [0.3, 0.4) is 0 Å². The van der Waals surface area contributed by atoms with Crippen LogP contribution in [0.25, 0.3) is 0 Å². The Hall–Kier alpha value is -1.90. The summed E-state index contributed by atoms with van der Waals surface area (Å²) in [5.41, 5.74) is 1.83. The van der Waals surface area contributed by atoms with E-state index in [-0.39, 0.29) is 18.1 Å². The first-order valence-electron chi connectivity index (χ1n) is 7.68. The molecule has 2 aliphatic rings. The number of likely N-dealkylation sites (N-methyl/N-ethyl adjacent to an activating group) is 1. The van der Waals surface area contributed by atoms with E-state index in [2.05, 4.69) is 11.0 Å². The maximum absolute atomic E-state index is 12.1. The number of rotatable bonds is 3. The molecule has 1 aromatic rings. The molecule has 2 aliphatic heterocycles. The number of fused-ring (bicyclic) bond motifs is 1. The number of benzene rings is 1. The Labute approximate surface area is 131 Å². The Morgan fingerprint density at radius 2 is 2.32 bits per heavy atom. The van der Waals surface area contributed by atoms with Crippen LogP contribution in [0.15, 0.2) is 24.3 Å². The van der Waals surface area contributed by atoms with Gasteiger partial charge in [0, 0.05) is 39.6 Å². The third-order valence-corrected chi connectivity index (χ3v) is 4.55. The monoisotopic (exact) mass is 299 g/mol. The van der Waals surface area contributed by atoms with Gasteiger partial charge in [0.1, 0.15) is 6.10 Å². The highest BCUT2D eigenvalue weighted by Gasteiger charge is 2.45. The normalized spacial score (nSPS) is 27.4. The molecule has 3 atom stereocenters. The van der Waals surface area contributed by atoms with E-state index in [9.17, 15) is 4.79 Å². The fourth-order valence-electron chi connectivity index (χ4n) is 3.45. The number of nitrogens with zero attached hydrogens (tertiary/aromatic N) is 3. The van der Waals surface area contributed by atoms with E-state index in [1.165, 1.54) is 0 Å². The molecule has 2 heterocycles. The predicted molar refractivity (Wildman–Crippen MR) is 81.9 cm³/mol. The van der Waals surface area contributed by atoms with Crippen LogP contribution in [0.2, 0.25) is 0 Å². The first kappa shape index (κ1) is 15.0. The second kappa shape index (κ2) is 6.07. The first-order chi connectivity index (χ1) is 10.6. The molecule has 3 rings (SSSR count). The van der Waals surface area contributed by atoms with Crippen molar-refractivity contribution < 1.29 is 9.53 Å². The SMILES string of the molecule is CN(C)C(=O)[C@H]1C[C@H]2[C@H](CCN2Cc2cccc(C#N)c2)O1. The molecular weight excluding hydrogens is 278 g/mol. The summed E-state index contributed by atoms with van der Waals surface area (Å²) < 4.78 is 5.94. The lowest BCUT2D eigenvalue weighted by atomic mass is 10.1. The molecule has 0 aliphatic carbocycles. The van der Waals surface area contributed by atoms with Crippen molar-refractivity contribution in [2.24, 2.45) is 0 Å². The number of amides is 1. The predicted octanol–water partition coefficient (Wildman–Crippen LogP) is 1.38. The Morgan fingerprint density at radius 3 is 3.05 bits per heavy atom. The second-order valence-electron chi connectivity index (χ2n) is 6.27. The van der Waals surface area contributed by atoms with Gasteiger partial charge in [-0.1, -0.05) is 12.1 Å². The van der Waals surface area contributed by atoms with E-state index < -0.39 is 0 Å². The van der Waals surface area contributed by atoms with Crippen LogP contribution >= 0.6 is 0 Å². The number of ether oxygens (including phenoxy) is 1. The van der Waals surface area contributed by atoms with Crippen LogP contribution in [0.4, 0.5) is 0 Å². The molecule has 5 heteroatoms. The Morgan fingerprint density at radius 1 is 1.50 bits per heavy atom. The average molecular weight is 299 g/mol. The smallest absolute Gasteiger partial charge is 0.251 e. The van der Waals surface area contributed by atoms with Crippen molar-refractivity contribution in [1.29, 1.82) is 5.26 Å². The number of hydrogen-bond donors (Lipinski definition) is 0. The fourth-order valence-corrected chi connectivity index (χ4v) is 3.45. The van der Waals surface area contributed by atoms with E-state index in [4.69, 9.17) is 10.00 Å². The minimum atomic E-state index is -0.307. The zero-order chi connectivity index (χ0) is 15.7. The van der Waals surface area contributed by atoms with Crippen LogP contribution in [0, 0.1) is 11.3 Å². The number of nitriles is 1. The van der Waals surface area contributed by atoms with Crippen LogP contribution in [0.1, 0.15) is 24.0 Å². The fraction of sp³-hybridized carbons (Fsp3) is 0.529.